The Morgan fingerprint density at radius 1 is 1.10 bits per heavy atom. The zero-order chi connectivity index (χ0) is 14.9. The van der Waals surface area contributed by atoms with Gasteiger partial charge < -0.3 is 4.42 Å². The maximum atomic E-state index is 12.8. The number of piperidine rings is 1. The zero-order valence-corrected chi connectivity index (χ0v) is 12.8. The molecule has 0 bridgehead atoms. The molecule has 0 amide bonds. The minimum atomic E-state index is -3.59. The summed E-state index contributed by atoms with van der Waals surface area (Å²) in [6, 6.07) is 9.24. The second kappa shape index (κ2) is 5.61. The predicted octanol–water partition coefficient (Wildman–Crippen LogP) is 2.82. The molecule has 1 saturated heterocycles. The summed E-state index contributed by atoms with van der Waals surface area (Å²) in [5.41, 5.74) is 0.730. The van der Waals surface area contributed by atoms with E-state index < -0.39 is 10.0 Å². The second-order valence-corrected chi connectivity index (χ2v) is 7.05. The van der Waals surface area contributed by atoms with E-state index in [1.165, 1.54) is 4.31 Å². The first-order valence-electron chi connectivity index (χ1n) is 7.12. The highest BCUT2D eigenvalue weighted by molar-refractivity contribution is 7.89. The van der Waals surface area contributed by atoms with Gasteiger partial charge in [-0.1, -0.05) is 36.8 Å². The summed E-state index contributed by atoms with van der Waals surface area (Å²) >= 11 is 0. The van der Waals surface area contributed by atoms with Crippen LogP contribution in [-0.4, -0.2) is 30.8 Å². The number of nitrogens with zero attached hydrogens (tertiary/aromatic N) is 2. The van der Waals surface area contributed by atoms with E-state index in [2.05, 4.69) is 4.98 Å². The number of rotatable bonds is 3. The number of aromatic nitrogens is 1. The van der Waals surface area contributed by atoms with Crippen molar-refractivity contribution in [3.05, 3.63) is 36.2 Å². The van der Waals surface area contributed by atoms with E-state index in [9.17, 15) is 8.42 Å². The van der Waals surface area contributed by atoms with Crippen molar-refractivity contribution in [3.8, 4) is 11.3 Å². The molecule has 21 heavy (non-hydrogen) atoms. The van der Waals surface area contributed by atoms with Gasteiger partial charge in [-0.15, -0.1) is 0 Å². The summed E-state index contributed by atoms with van der Waals surface area (Å²) in [5, 5.41) is 0.0353. The summed E-state index contributed by atoms with van der Waals surface area (Å²) < 4.78 is 32.7. The first-order valence-corrected chi connectivity index (χ1v) is 8.56. The Balaban J connectivity index is 2.06. The van der Waals surface area contributed by atoms with Crippen LogP contribution in [0.15, 0.2) is 39.8 Å². The molecule has 0 atom stereocenters. The fourth-order valence-electron chi connectivity index (χ4n) is 2.58. The Hall–Kier alpha value is -1.66. The summed E-state index contributed by atoms with van der Waals surface area (Å²) in [7, 11) is -3.59. The molecule has 5 nitrogen and oxygen atoms in total. The Kier molecular flexibility index (Phi) is 3.82. The van der Waals surface area contributed by atoms with Crippen LogP contribution >= 0.6 is 0 Å². The molecule has 1 aliphatic heterocycles. The van der Waals surface area contributed by atoms with E-state index in [1.54, 1.807) is 6.92 Å². The van der Waals surface area contributed by atoms with Gasteiger partial charge in [-0.3, -0.25) is 0 Å². The van der Waals surface area contributed by atoms with Crippen LogP contribution in [0.5, 0.6) is 0 Å². The Morgan fingerprint density at radius 2 is 1.76 bits per heavy atom. The van der Waals surface area contributed by atoms with Crippen LogP contribution in [0, 0.1) is 6.92 Å². The lowest BCUT2D eigenvalue weighted by atomic mass is 10.2. The highest BCUT2D eigenvalue weighted by Gasteiger charge is 2.32. The SMILES string of the molecule is Cc1nc(S(=O)(=O)N2CCCCC2)c(-c2ccccc2)o1. The quantitative estimate of drug-likeness (QED) is 0.874. The maximum absolute atomic E-state index is 12.8. The first-order chi connectivity index (χ1) is 10.1. The van der Waals surface area contributed by atoms with Crippen LogP contribution in [-0.2, 0) is 10.0 Å². The van der Waals surface area contributed by atoms with E-state index in [4.69, 9.17) is 4.42 Å². The molecule has 0 aliphatic carbocycles. The van der Waals surface area contributed by atoms with Gasteiger partial charge in [0.15, 0.2) is 11.7 Å². The van der Waals surface area contributed by atoms with Crippen molar-refractivity contribution in [2.24, 2.45) is 0 Å². The number of benzene rings is 1. The predicted molar refractivity (Wildman–Crippen MR) is 79.3 cm³/mol. The number of hydrogen-bond donors (Lipinski definition) is 0. The molecular formula is C15H18N2O3S. The molecule has 0 spiro atoms. The van der Waals surface area contributed by atoms with Gasteiger partial charge in [0.25, 0.3) is 10.0 Å². The van der Waals surface area contributed by atoms with Gasteiger partial charge in [-0.05, 0) is 12.8 Å². The Morgan fingerprint density at radius 3 is 2.43 bits per heavy atom. The molecule has 1 fully saturated rings. The standard InChI is InChI=1S/C15H18N2O3S/c1-12-16-15(14(20-12)13-8-4-2-5-9-13)21(18,19)17-10-6-3-7-11-17/h2,4-5,8-9H,3,6-7,10-11H2,1H3. The molecule has 1 aliphatic rings. The smallest absolute Gasteiger partial charge is 0.264 e. The third-order valence-electron chi connectivity index (χ3n) is 3.64. The van der Waals surface area contributed by atoms with Crippen LogP contribution in [0.3, 0.4) is 0 Å². The second-order valence-electron chi connectivity index (χ2n) is 5.20. The van der Waals surface area contributed by atoms with Crippen LogP contribution < -0.4 is 0 Å². The van der Waals surface area contributed by atoms with E-state index >= 15 is 0 Å². The molecule has 1 aromatic heterocycles. The minimum Gasteiger partial charge on any atom is -0.440 e. The van der Waals surface area contributed by atoms with Crippen LogP contribution in [0.4, 0.5) is 0 Å². The molecule has 6 heteroatoms. The summed E-state index contributed by atoms with van der Waals surface area (Å²) in [5.74, 6) is 0.697. The van der Waals surface area contributed by atoms with E-state index in [-0.39, 0.29) is 5.03 Å². The molecule has 2 heterocycles. The lowest BCUT2D eigenvalue weighted by Crippen LogP contribution is -2.36. The van der Waals surface area contributed by atoms with Crippen molar-refractivity contribution >= 4 is 10.0 Å². The number of sulfonamides is 1. The largest absolute Gasteiger partial charge is 0.440 e. The molecule has 0 saturated carbocycles. The van der Waals surface area contributed by atoms with Crippen molar-refractivity contribution in [3.63, 3.8) is 0 Å². The number of hydrogen-bond acceptors (Lipinski definition) is 4. The molecule has 2 aromatic rings. The number of aryl methyl sites for hydroxylation is 1. The minimum absolute atomic E-state index is 0.0353. The Labute approximate surface area is 124 Å². The highest BCUT2D eigenvalue weighted by Crippen LogP contribution is 2.31. The molecule has 0 radical (unpaired) electrons. The van der Waals surface area contributed by atoms with Gasteiger partial charge >= 0.3 is 0 Å². The third-order valence-corrected chi connectivity index (χ3v) is 5.45. The van der Waals surface area contributed by atoms with Gasteiger partial charge in [0.2, 0.25) is 5.03 Å². The van der Waals surface area contributed by atoms with Crippen LogP contribution in [0.25, 0.3) is 11.3 Å². The average molecular weight is 306 g/mol. The average Bonchev–Trinajstić information content (AvgIpc) is 2.92. The Bertz CT molecular complexity index is 717. The fraction of sp³-hybridized carbons (Fsp3) is 0.400. The monoisotopic (exact) mass is 306 g/mol. The van der Waals surface area contributed by atoms with Gasteiger partial charge in [0, 0.05) is 25.6 Å². The van der Waals surface area contributed by atoms with Crippen molar-refractivity contribution in [1.82, 2.24) is 9.29 Å². The van der Waals surface area contributed by atoms with Gasteiger partial charge in [-0.25, -0.2) is 13.4 Å². The van der Waals surface area contributed by atoms with E-state index in [0.29, 0.717) is 24.7 Å². The first kappa shape index (κ1) is 14.3. The summed E-state index contributed by atoms with van der Waals surface area (Å²) in [6.45, 7) is 2.78. The van der Waals surface area contributed by atoms with Crippen molar-refractivity contribution in [1.29, 1.82) is 0 Å². The number of oxazole rings is 1. The van der Waals surface area contributed by atoms with Crippen molar-refractivity contribution in [2.45, 2.75) is 31.2 Å². The lowest BCUT2D eigenvalue weighted by Gasteiger charge is -2.25. The van der Waals surface area contributed by atoms with Gasteiger partial charge in [-0.2, -0.15) is 4.31 Å². The van der Waals surface area contributed by atoms with E-state index in [1.807, 2.05) is 30.3 Å². The zero-order valence-electron chi connectivity index (χ0n) is 11.9. The van der Waals surface area contributed by atoms with Crippen LogP contribution in [0.2, 0.25) is 0 Å². The summed E-state index contributed by atoms with van der Waals surface area (Å²) in [4.78, 5) is 4.14. The van der Waals surface area contributed by atoms with Crippen LogP contribution in [0.1, 0.15) is 25.2 Å². The molecule has 0 N–H and O–H groups in total. The molecule has 112 valence electrons. The van der Waals surface area contributed by atoms with Gasteiger partial charge in [0.05, 0.1) is 0 Å². The highest BCUT2D eigenvalue weighted by atomic mass is 32.2. The third kappa shape index (κ3) is 2.73. The maximum Gasteiger partial charge on any atom is 0.264 e. The normalized spacial score (nSPS) is 17.0. The molecule has 0 unspecified atom stereocenters. The van der Waals surface area contributed by atoms with E-state index in [0.717, 1.165) is 24.8 Å². The molecule has 1 aromatic carbocycles. The van der Waals surface area contributed by atoms with Crippen molar-refractivity contribution < 1.29 is 12.8 Å². The van der Waals surface area contributed by atoms with Crippen molar-refractivity contribution in [2.75, 3.05) is 13.1 Å². The van der Waals surface area contributed by atoms with Gasteiger partial charge in [0.1, 0.15) is 0 Å². The lowest BCUT2D eigenvalue weighted by molar-refractivity contribution is 0.345. The molecular weight excluding hydrogens is 288 g/mol. The topological polar surface area (TPSA) is 63.4 Å². The summed E-state index contributed by atoms with van der Waals surface area (Å²) in [6.07, 6.45) is 2.88. The fourth-order valence-corrected chi connectivity index (χ4v) is 4.20. The molecule has 3 rings (SSSR count).